The van der Waals surface area contributed by atoms with Crippen molar-refractivity contribution < 1.29 is 92.8 Å². The summed E-state index contributed by atoms with van der Waals surface area (Å²) in [5.74, 6) is 1.81. The van der Waals surface area contributed by atoms with Crippen LogP contribution in [-0.4, -0.2) is 66.7 Å². The zero-order valence-corrected chi connectivity index (χ0v) is 91.2. The molecule has 143 heavy (non-hydrogen) atoms. The molecule has 0 atom stereocenters. The van der Waals surface area contributed by atoms with Crippen LogP contribution in [0.5, 0.6) is 34.5 Å². The molecule has 0 spiro atoms. The van der Waals surface area contributed by atoms with E-state index in [1.807, 2.05) is 168 Å². The number of halogens is 4. The predicted molar refractivity (Wildman–Crippen MR) is 576 cm³/mol. The van der Waals surface area contributed by atoms with Gasteiger partial charge in [-0.15, -0.1) is 0 Å². The van der Waals surface area contributed by atoms with Gasteiger partial charge in [0.25, 0.3) is 0 Å². The molecule has 0 heterocycles. The second-order valence-corrected chi connectivity index (χ2v) is 37.4. The molecule has 0 radical (unpaired) electrons. The fourth-order valence-electron chi connectivity index (χ4n) is 14.6. The Kier molecular flexibility index (Phi) is 45.9. The summed E-state index contributed by atoms with van der Waals surface area (Å²) in [6.45, 7) is 49.8. The Morgan fingerprint density at radius 1 is 0.266 bits per heavy atom. The van der Waals surface area contributed by atoms with Crippen LogP contribution >= 0.6 is 50.1 Å². The van der Waals surface area contributed by atoms with Crippen LogP contribution < -0.4 is 58.8 Å². The van der Waals surface area contributed by atoms with Gasteiger partial charge in [0.2, 0.25) is 35.4 Å². The van der Waals surface area contributed by atoms with Crippen LogP contribution in [-0.2, 0) is 68.4 Å². The number of ether oxygens (including phenoxy) is 6. The summed E-state index contributed by atoms with van der Waals surface area (Å²) < 4.78 is 51.4. The molecule has 0 fully saturated rings. The Hall–Kier alpha value is -12.6. The maximum absolute atomic E-state index is 14.2. The number of amides is 6. The Morgan fingerprint density at radius 3 is 0.839 bits per heavy atom. The van der Waals surface area contributed by atoms with Gasteiger partial charge >= 0.3 is 0 Å². The molecule has 762 valence electrons. The standard InChI is InChI=1S/C20H25NO3.C19H22BrNO3.C19H22ClNO3.C19H22FNO3.C19H22INO3.C19H23NO3/c1-6-20(22)21(23)18-9-7-8-13(2)17(18)12-24-19-11-15(4)14(3)10-16(19)5;4*1-5-19(22)21(23)17-8-6-7-16(20)15(17)11-24-18-10-13(3)12(2)9-14(18)4;1-5-19(21)20(22)17-9-7-6-8-16(17)12-23-18-11-14(3)13(2)10-15(18)4/h7-11,23H,6,12H2,1-5H3;4*6-10,23H,5,11H2,1-4H3;6-11,22H,5,12H2,1-4H3. The number of benzene rings is 12. The maximum Gasteiger partial charge on any atom is 0.250 e. The van der Waals surface area contributed by atoms with Gasteiger partial charge in [-0.1, -0.05) is 160 Å². The molecular formula is C115H136BrClFIN6O18. The van der Waals surface area contributed by atoms with Gasteiger partial charge in [-0.2, -0.15) is 30.4 Å². The monoisotopic (exact) mass is 2150 g/mol. The first-order valence-corrected chi connectivity index (χ1v) is 49.5. The summed E-state index contributed by atoms with van der Waals surface area (Å²) in [6, 6.07) is 57.2. The molecule has 0 aliphatic rings. The highest BCUT2D eigenvalue weighted by molar-refractivity contribution is 14.1. The number of carbonyl (C=O) groups excluding carboxylic acids is 6. The number of hydrogen-bond acceptors (Lipinski definition) is 18. The minimum atomic E-state index is -0.531. The average molecular weight is 2150 g/mol. The first-order chi connectivity index (χ1) is 67.7. The Balaban J connectivity index is 0.000000233. The van der Waals surface area contributed by atoms with Crippen molar-refractivity contribution in [3.8, 4) is 34.5 Å². The summed E-state index contributed by atoms with van der Waals surface area (Å²) in [7, 11) is 0. The molecule has 6 amide bonds. The van der Waals surface area contributed by atoms with E-state index in [0.717, 1.165) is 125 Å². The Morgan fingerprint density at radius 2 is 0.497 bits per heavy atom. The molecule has 0 aliphatic carbocycles. The third kappa shape index (κ3) is 32.5. The van der Waals surface area contributed by atoms with Gasteiger partial charge in [0, 0.05) is 79.4 Å². The second kappa shape index (κ2) is 55.9. The number of para-hydroxylation sites is 1. The quantitative estimate of drug-likeness (QED) is 0.0138. The van der Waals surface area contributed by atoms with E-state index >= 15 is 0 Å². The summed E-state index contributed by atoms with van der Waals surface area (Å²) in [5, 5.41) is 64.9. The number of rotatable bonds is 30. The maximum atomic E-state index is 14.2. The Bertz CT molecular complexity index is 5740. The molecular weight excluding hydrogens is 2010 g/mol. The zero-order chi connectivity index (χ0) is 106. The fraction of sp³-hybridized carbons (Fsp3) is 0.322. The van der Waals surface area contributed by atoms with Gasteiger partial charge in [0.05, 0.1) is 39.7 Å². The SMILES string of the molecule is CCC(=O)N(O)c1cccc(Br)c1COc1cc(C)c(C)cc1C.CCC(=O)N(O)c1cccc(C)c1COc1cc(C)c(C)cc1C.CCC(=O)N(O)c1cccc(Cl)c1COc1cc(C)c(C)cc1C.CCC(=O)N(O)c1cccc(F)c1COc1cc(C)c(C)cc1C.CCC(=O)N(O)c1cccc(I)c1COc1cc(C)c(C)cc1C.CCC(=O)N(O)c1ccccc1COc1cc(C)c(C)cc1C. The number of anilines is 6. The van der Waals surface area contributed by atoms with Crippen LogP contribution in [0, 0.1) is 141 Å². The van der Waals surface area contributed by atoms with Gasteiger partial charge in [0.1, 0.15) is 80.0 Å². The highest BCUT2D eigenvalue weighted by atomic mass is 127. The third-order valence-electron chi connectivity index (χ3n) is 24.3. The minimum absolute atomic E-state index is 0.0839. The van der Waals surface area contributed by atoms with E-state index in [1.165, 1.54) is 62.7 Å². The second-order valence-electron chi connectivity index (χ2n) is 34.9. The molecule has 12 aromatic carbocycles. The molecule has 0 bridgehead atoms. The van der Waals surface area contributed by atoms with Crippen molar-refractivity contribution >= 4 is 120 Å². The lowest BCUT2D eigenvalue weighted by atomic mass is 10.1. The number of hydrogen-bond donors (Lipinski definition) is 6. The van der Waals surface area contributed by atoms with Crippen LogP contribution in [0.3, 0.4) is 0 Å². The molecule has 0 saturated heterocycles. The van der Waals surface area contributed by atoms with Crippen molar-refractivity contribution in [1.82, 2.24) is 0 Å². The number of aryl methyl sites for hydroxylation is 19. The van der Waals surface area contributed by atoms with E-state index in [4.69, 9.17) is 40.0 Å². The lowest BCUT2D eigenvalue weighted by molar-refractivity contribution is -0.124. The van der Waals surface area contributed by atoms with Crippen LogP contribution in [0.4, 0.5) is 38.5 Å². The minimum Gasteiger partial charge on any atom is -0.489 e. The van der Waals surface area contributed by atoms with Crippen molar-refractivity contribution in [3.63, 3.8) is 0 Å². The molecule has 28 heteroatoms. The van der Waals surface area contributed by atoms with Crippen molar-refractivity contribution in [1.29, 1.82) is 0 Å². The van der Waals surface area contributed by atoms with E-state index < -0.39 is 17.6 Å². The van der Waals surface area contributed by atoms with Gasteiger partial charge in [-0.05, 0) is 357 Å². The van der Waals surface area contributed by atoms with E-state index in [9.17, 15) is 64.4 Å². The smallest absolute Gasteiger partial charge is 0.250 e. The van der Waals surface area contributed by atoms with E-state index in [0.29, 0.717) is 76.7 Å². The van der Waals surface area contributed by atoms with Gasteiger partial charge < -0.3 is 28.4 Å². The highest BCUT2D eigenvalue weighted by Crippen LogP contribution is 2.38. The number of hydroxylamine groups is 6. The third-order valence-corrected chi connectivity index (χ3v) is 26.5. The average Bonchev–Trinajstić information content (AvgIpc) is 0.823. The first kappa shape index (κ1) is 117. The van der Waals surface area contributed by atoms with Crippen LogP contribution in [0.25, 0.3) is 0 Å². The topological polar surface area (TPSA) is 299 Å². The lowest BCUT2D eigenvalue weighted by Gasteiger charge is -2.20. The summed E-state index contributed by atoms with van der Waals surface area (Å²) in [6.07, 6.45) is 1.24. The van der Waals surface area contributed by atoms with Gasteiger partial charge in [-0.3, -0.25) is 60.0 Å². The van der Waals surface area contributed by atoms with Gasteiger partial charge in [0.15, 0.2) is 0 Å². The first-order valence-electron chi connectivity index (χ1n) is 47.3. The van der Waals surface area contributed by atoms with Crippen LogP contribution in [0.1, 0.15) is 219 Å². The van der Waals surface area contributed by atoms with E-state index in [-0.39, 0.29) is 106 Å². The lowest BCUT2D eigenvalue weighted by Crippen LogP contribution is -2.27. The molecule has 0 saturated carbocycles. The molecule has 24 nitrogen and oxygen atoms in total. The summed E-state index contributed by atoms with van der Waals surface area (Å²) in [5.41, 5.74) is 27.4. The van der Waals surface area contributed by atoms with Crippen molar-refractivity contribution in [3.05, 3.63) is 346 Å². The molecule has 12 aromatic rings. The van der Waals surface area contributed by atoms with Crippen LogP contribution in [0.15, 0.2) is 193 Å². The van der Waals surface area contributed by atoms with Crippen molar-refractivity contribution in [2.24, 2.45) is 0 Å². The van der Waals surface area contributed by atoms with E-state index in [2.05, 4.69) is 117 Å². The van der Waals surface area contributed by atoms with Crippen molar-refractivity contribution in [2.75, 3.05) is 30.4 Å². The highest BCUT2D eigenvalue weighted by Gasteiger charge is 2.26. The molecule has 0 aromatic heterocycles. The summed E-state index contributed by atoms with van der Waals surface area (Å²) >= 11 is 11.9. The normalized spacial score (nSPS) is 10.6. The van der Waals surface area contributed by atoms with E-state index in [1.54, 1.807) is 96.1 Å². The largest absolute Gasteiger partial charge is 0.489 e. The van der Waals surface area contributed by atoms with Gasteiger partial charge in [-0.25, -0.2) is 4.39 Å². The molecule has 0 aliphatic heterocycles. The zero-order valence-electron chi connectivity index (χ0n) is 86.7. The summed E-state index contributed by atoms with van der Waals surface area (Å²) in [4.78, 5) is 70.6. The van der Waals surface area contributed by atoms with Crippen LogP contribution in [0.2, 0.25) is 5.02 Å². The molecule has 12 rings (SSSR count). The molecule has 0 unspecified atom stereocenters. The fourth-order valence-corrected chi connectivity index (χ4v) is 15.9. The Labute approximate surface area is 868 Å². The number of nitrogens with zero attached hydrogens (tertiary/aromatic N) is 6. The predicted octanol–water partition coefficient (Wildman–Crippen LogP) is 28.4. The molecule has 6 N–H and O–H groups in total. The number of carbonyl (C=O) groups is 6. The van der Waals surface area contributed by atoms with Crippen molar-refractivity contribution in [2.45, 2.75) is 251 Å².